The third-order valence-corrected chi connectivity index (χ3v) is 3.58. The average Bonchev–Trinajstić information content (AvgIpc) is 2.95. The van der Waals surface area contributed by atoms with Crippen molar-refractivity contribution in [3.63, 3.8) is 0 Å². The molecule has 1 saturated carbocycles. The number of piperidine rings is 1. The normalized spacial score (nSPS) is 28.9. The minimum Gasteiger partial charge on any atom is -0.444 e. The van der Waals surface area contributed by atoms with Crippen LogP contribution >= 0.6 is 0 Å². The van der Waals surface area contributed by atoms with E-state index in [2.05, 4.69) is 0 Å². The lowest BCUT2D eigenvalue weighted by atomic mass is 10.1. The fourth-order valence-corrected chi connectivity index (χ4v) is 2.55. The molecule has 2 aliphatic rings. The first-order valence-corrected chi connectivity index (χ1v) is 6.57. The van der Waals surface area contributed by atoms with E-state index in [1.807, 2.05) is 20.8 Å². The first-order valence-electron chi connectivity index (χ1n) is 6.57. The van der Waals surface area contributed by atoms with Crippen LogP contribution in [0, 0.1) is 5.92 Å². The topological polar surface area (TPSA) is 59.1 Å². The van der Waals surface area contributed by atoms with Gasteiger partial charge in [-0.3, -0.25) is 14.5 Å². The number of likely N-dealkylation sites (tertiary alicyclic amines) is 1. The van der Waals surface area contributed by atoms with Gasteiger partial charge in [0.1, 0.15) is 11.6 Å². The lowest BCUT2D eigenvalue weighted by Crippen LogP contribution is -2.49. The van der Waals surface area contributed by atoms with Crippen molar-refractivity contribution in [2.24, 2.45) is 5.92 Å². The van der Waals surface area contributed by atoms with E-state index in [1.165, 1.54) is 12.2 Å². The summed E-state index contributed by atoms with van der Waals surface area (Å²) in [6, 6.07) is -0.294. The second-order valence-corrected chi connectivity index (χ2v) is 6.22. The number of rotatable bonds is 2. The van der Waals surface area contributed by atoms with E-state index in [4.69, 9.17) is 9.57 Å². The molecule has 0 N–H and O–H groups in total. The first kappa shape index (κ1) is 14.1. The summed E-state index contributed by atoms with van der Waals surface area (Å²) in [4.78, 5) is 30.9. The van der Waals surface area contributed by atoms with Crippen LogP contribution in [-0.4, -0.2) is 53.8 Å². The monoisotopic (exact) mass is 270 g/mol. The maximum Gasteiger partial charge on any atom is 0.411 e. The van der Waals surface area contributed by atoms with Crippen LogP contribution in [0.5, 0.6) is 0 Å². The molecule has 0 spiro atoms. The molecule has 0 aromatic carbocycles. The van der Waals surface area contributed by atoms with E-state index in [1.54, 1.807) is 11.9 Å². The molecule has 6 heteroatoms. The van der Waals surface area contributed by atoms with Gasteiger partial charge in [-0.1, -0.05) is 0 Å². The van der Waals surface area contributed by atoms with Crippen LogP contribution in [-0.2, 0) is 14.4 Å². The Hall–Kier alpha value is -1.30. The van der Waals surface area contributed by atoms with Crippen LogP contribution in [0.15, 0.2) is 0 Å². The molecule has 19 heavy (non-hydrogen) atoms. The smallest absolute Gasteiger partial charge is 0.411 e. The van der Waals surface area contributed by atoms with Crippen molar-refractivity contribution < 1.29 is 19.2 Å². The van der Waals surface area contributed by atoms with Gasteiger partial charge in [-0.2, -0.15) is 0 Å². The molecule has 0 bridgehead atoms. The number of hydroxylamine groups is 2. The highest BCUT2D eigenvalue weighted by atomic mass is 16.7. The fraction of sp³-hybridized carbons (Fsp3) is 0.846. The van der Waals surface area contributed by atoms with Gasteiger partial charge in [0.25, 0.3) is 5.91 Å². The third kappa shape index (κ3) is 2.83. The van der Waals surface area contributed by atoms with Gasteiger partial charge >= 0.3 is 6.09 Å². The zero-order chi connectivity index (χ0) is 14.4. The number of fused-ring (bicyclic) bond motifs is 1. The minimum atomic E-state index is -0.551. The summed E-state index contributed by atoms with van der Waals surface area (Å²) in [5.74, 6) is 0.243. The summed E-state index contributed by atoms with van der Waals surface area (Å²) in [6.07, 6.45) is 1.27. The van der Waals surface area contributed by atoms with E-state index in [0.29, 0.717) is 12.3 Å². The summed E-state index contributed by atoms with van der Waals surface area (Å²) >= 11 is 0. The quantitative estimate of drug-likeness (QED) is 0.712. The number of likely N-dealkylation sites (N-methyl/N-ethyl adjacent to an activating group) is 1. The molecule has 1 unspecified atom stereocenters. The van der Waals surface area contributed by atoms with Crippen LogP contribution in [0.1, 0.15) is 33.6 Å². The molecule has 2 fully saturated rings. The van der Waals surface area contributed by atoms with E-state index < -0.39 is 17.7 Å². The van der Waals surface area contributed by atoms with Crippen molar-refractivity contribution >= 4 is 12.0 Å². The Labute approximate surface area is 113 Å². The molecule has 2 rings (SSSR count). The maximum atomic E-state index is 12.2. The Morgan fingerprint density at radius 1 is 1.26 bits per heavy atom. The highest BCUT2D eigenvalue weighted by Crippen LogP contribution is 2.48. The predicted molar refractivity (Wildman–Crippen MR) is 68.2 cm³/mol. The molecule has 0 radical (unpaired) electrons. The van der Waals surface area contributed by atoms with Crippen molar-refractivity contribution in [1.82, 2.24) is 9.96 Å². The molecule has 1 heterocycles. The van der Waals surface area contributed by atoms with Crippen LogP contribution in [0.25, 0.3) is 0 Å². The molecule has 1 aliphatic heterocycles. The molecule has 108 valence electrons. The van der Waals surface area contributed by atoms with Gasteiger partial charge in [0.2, 0.25) is 0 Å². The zero-order valence-electron chi connectivity index (χ0n) is 12.2. The number of nitrogens with zero attached hydrogens (tertiary/aromatic N) is 2. The van der Waals surface area contributed by atoms with Crippen LogP contribution in [0.3, 0.4) is 0 Å². The summed E-state index contributed by atoms with van der Waals surface area (Å²) in [5, 5.41) is 1.17. The molecule has 1 saturated heterocycles. The molecule has 3 atom stereocenters. The minimum absolute atomic E-state index is 0.161. The Kier molecular flexibility index (Phi) is 3.47. The highest BCUT2D eigenvalue weighted by Gasteiger charge is 2.57. The van der Waals surface area contributed by atoms with Crippen LogP contribution in [0.2, 0.25) is 0 Å². The second kappa shape index (κ2) is 4.67. The third-order valence-electron chi connectivity index (χ3n) is 3.58. The van der Waals surface area contributed by atoms with Gasteiger partial charge in [0, 0.05) is 13.1 Å². The van der Waals surface area contributed by atoms with Crippen LogP contribution in [0.4, 0.5) is 4.79 Å². The van der Waals surface area contributed by atoms with E-state index in [-0.39, 0.29) is 11.9 Å². The summed E-state index contributed by atoms with van der Waals surface area (Å²) in [6.45, 7) is 5.47. The van der Waals surface area contributed by atoms with Crippen molar-refractivity contribution in [3.8, 4) is 0 Å². The van der Waals surface area contributed by atoms with Gasteiger partial charge in [-0.25, -0.2) is 9.86 Å². The molecule has 1 aliphatic carbocycles. The fourth-order valence-electron chi connectivity index (χ4n) is 2.55. The Morgan fingerprint density at radius 2 is 1.89 bits per heavy atom. The molecule has 0 aromatic rings. The molecule has 0 aromatic heterocycles. The second-order valence-electron chi connectivity index (χ2n) is 6.22. The van der Waals surface area contributed by atoms with Gasteiger partial charge < -0.3 is 4.74 Å². The summed E-state index contributed by atoms with van der Waals surface area (Å²) in [7, 11) is 2.99. The molecule has 2 amide bonds. The lowest BCUT2D eigenvalue weighted by Gasteiger charge is -2.31. The first-order chi connectivity index (χ1) is 8.74. The Bertz CT molecular complexity index is 391. The highest BCUT2D eigenvalue weighted by molar-refractivity contribution is 5.86. The Morgan fingerprint density at radius 3 is 2.42 bits per heavy atom. The average molecular weight is 270 g/mol. The van der Waals surface area contributed by atoms with Gasteiger partial charge in [0.05, 0.1) is 7.11 Å². The van der Waals surface area contributed by atoms with Crippen molar-refractivity contribution in [2.75, 3.05) is 14.2 Å². The van der Waals surface area contributed by atoms with E-state index in [0.717, 1.165) is 6.42 Å². The van der Waals surface area contributed by atoms with Gasteiger partial charge in [0.15, 0.2) is 0 Å². The maximum absolute atomic E-state index is 12.2. The molecule has 6 nitrogen and oxygen atoms in total. The number of carbonyl (C=O) groups excluding carboxylic acids is 2. The predicted octanol–water partition coefficient (Wildman–Crippen LogP) is 1.40. The van der Waals surface area contributed by atoms with Crippen molar-refractivity contribution in [2.45, 2.75) is 51.3 Å². The molecular formula is C13H22N2O4. The van der Waals surface area contributed by atoms with Gasteiger partial charge in [-0.15, -0.1) is 0 Å². The SMILES string of the molecule is CON(C)C(=O)[C@@H]1CC2C[C@H]2N1C(=O)OC(C)(C)C. The van der Waals surface area contributed by atoms with E-state index in [9.17, 15) is 9.59 Å². The van der Waals surface area contributed by atoms with Crippen molar-refractivity contribution in [3.05, 3.63) is 0 Å². The summed E-state index contributed by atoms with van der Waals surface area (Å²) in [5.41, 5.74) is -0.551. The standard InChI is InChI=1S/C13H22N2O4/c1-13(2,3)19-12(17)15-9-6-8(9)7-10(15)11(16)14(4)18-5/h8-10H,6-7H2,1-5H3/t8?,9-,10+/m1/s1. The van der Waals surface area contributed by atoms with Gasteiger partial charge in [-0.05, 0) is 39.5 Å². The lowest BCUT2D eigenvalue weighted by molar-refractivity contribution is -0.173. The van der Waals surface area contributed by atoms with Crippen molar-refractivity contribution in [1.29, 1.82) is 0 Å². The van der Waals surface area contributed by atoms with Crippen LogP contribution < -0.4 is 0 Å². The molecular weight excluding hydrogens is 248 g/mol. The number of hydrogen-bond donors (Lipinski definition) is 0. The number of ether oxygens (including phenoxy) is 1. The Balaban J connectivity index is 2.08. The number of amides is 2. The largest absolute Gasteiger partial charge is 0.444 e. The number of carbonyl (C=O) groups is 2. The van der Waals surface area contributed by atoms with E-state index >= 15 is 0 Å². The number of hydrogen-bond acceptors (Lipinski definition) is 4. The summed E-state index contributed by atoms with van der Waals surface area (Å²) < 4.78 is 5.39. The zero-order valence-corrected chi connectivity index (χ0v) is 12.2.